The monoisotopic (exact) mass is 250 g/mol. The lowest BCUT2D eigenvalue weighted by atomic mass is 10.4. The van der Waals surface area contributed by atoms with Crippen LogP contribution in [-0.2, 0) is 14.5 Å². The summed E-state index contributed by atoms with van der Waals surface area (Å²) in [6.45, 7) is 9.06. The average Bonchev–Trinajstić information content (AvgIpc) is 2.22. The van der Waals surface area contributed by atoms with Gasteiger partial charge in [-0.05, 0) is 26.7 Å². The van der Waals surface area contributed by atoms with Crippen LogP contribution in [0.15, 0.2) is 0 Å². The molecule has 0 aliphatic heterocycles. The summed E-state index contributed by atoms with van der Waals surface area (Å²) in [6, 6.07) is 0. The SMILES string of the molecule is CC(C)OC(=O)O.CCCCOOCCCC. The molecule has 0 spiro atoms. The summed E-state index contributed by atoms with van der Waals surface area (Å²) in [5.41, 5.74) is 0. The molecule has 5 nitrogen and oxygen atoms in total. The molecule has 0 fully saturated rings. The molecule has 0 saturated carbocycles. The van der Waals surface area contributed by atoms with Crippen molar-refractivity contribution in [1.82, 2.24) is 0 Å². The summed E-state index contributed by atoms with van der Waals surface area (Å²) < 4.78 is 4.17. The molecule has 0 unspecified atom stereocenters. The fourth-order valence-corrected chi connectivity index (χ4v) is 0.726. The van der Waals surface area contributed by atoms with E-state index in [1.807, 2.05) is 0 Å². The minimum atomic E-state index is -1.21. The lowest BCUT2D eigenvalue weighted by Gasteiger charge is -2.00. The quantitative estimate of drug-likeness (QED) is 0.308. The summed E-state index contributed by atoms with van der Waals surface area (Å²) in [6.07, 6.45) is 3.07. The zero-order valence-electron chi connectivity index (χ0n) is 11.4. The first-order valence-corrected chi connectivity index (χ1v) is 6.18. The van der Waals surface area contributed by atoms with E-state index >= 15 is 0 Å². The van der Waals surface area contributed by atoms with E-state index in [0.717, 1.165) is 38.9 Å². The zero-order chi connectivity index (χ0) is 13.5. The number of unbranched alkanes of at least 4 members (excludes halogenated alkanes) is 2. The molecule has 0 radical (unpaired) electrons. The summed E-state index contributed by atoms with van der Waals surface area (Å²) in [4.78, 5) is 19.3. The summed E-state index contributed by atoms with van der Waals surface area (Å²) in [7, 11) is 0. The van der Waals surface area contributed by atoms with E-state index in [1.165, 1.54) is 0 Å². The van der Waals surface area contributed by atoms with Gasteiger partial charge in [0.05, 0.1) is 19.3 Å². The lowest BCUT2D eigenvalue weighted by Crippen LogP contribution is -2.07. The minimum absolute atomic E-state index is 0.225. The van der Waals surface area contributed by atoms with Crippen LogP contribution in [0.25, 0.3) is 0 Å². The van der Waals surface area contributed by atoms with E-state index in [9.17, 15) is 4.79 Å². The van der Waals surface area contributed by atoms with Crippen LogP contribution in [-0.4, -0.2) is 30.6 Å². The molecule has 0 atom stereocenters. The van der Waals surface area contributed by atoms with Gasteiger partial charge in [0, 0.05) is 0 Å². The highest BCUT2D eigenvalue weighted by molar-refractivity contribution is 5.56. The lowest BCUT2D eigenvalue weighted by molar-refractivity contribution is -0.295. The number of hydrogen-bond donors (Lipinski definition) is 1. The van der Waals surface area contributed by atoms with Crippen LogP contribution in [0, 0.1) is 0 Å². The van der Waals surface area contributed by atoms with Crippen molar-refractivity contribution in [3.63, 3.8) is 0 Å². The second kappa shape index (κ2) is 15.2. The second-order valence-electron chi connectivity index (χ2n) is 3.78. The van der Waals surface area contributed by atoms with Gasteiger partial charge in [-0.15, -0.1) is 0 Å². The van der Waals surface area contributed by atoms with Crippen molar-refractivity contribution in [2.75, 3.05) is 13.2 Å². The molecule has 0 amide bonds. The number of ether oxygens (including phenoxy) is 1. The predicted molar refractivity (Wildman–Crippen MR) is 66.0 cm³/mol. The van der Waals surface area contributed by atoms with Crippen LogP contribution in [0.2, 0.25) is 0 Å². The Kier molecular flexibility index (Phi) is 16.6. The molecule has 0 heterocycles. The van der Waals surface area contributed by atoms with E-state index in [0.29, 0.717) is 0 Å². The third kappa shape index (κ3) is 25.5. The van der Waals surface area contributed by atoms with Gasteiger partial charge in [0.1, 0.15) is 0 Å². The summed E-state index contributed by atoms with van der Waals surface area (Å²) in [5, 5.41) is 7.86. The molecule has 0 aromatic carbocycles. The molecule has 0 aliphatic carbocycles. The molecule has 5 heteroatoms. The first-order chi connectivity index (χ1) is 8.04. The van der Waals surface area contributed by atoms with Gasteiger partial charge in [-0.2, -0.15) is 0 Å². The third-order valence-corrected chi connectivity index (χ3v) is 1.58. The molecule has 0 aromatic heterocycles. The topological polar surface area (TPSA) is 65.0 Å². The number of rotatable bonds is 8. The molecule has 0 bridgehead atoms. The smallest absolute Gasteiger partial charge is 0.450 e. The molecule has 104 valence electrons. The maximum Gasteiger partial charge on any atom is 0.506 e. The first-order valence-electron chi connectivity index (χ1n) is 6.18. The molecule has 0 aromatic rings. The first kappa shape index (κ1) is 18.6. The average molecular weight is 250 g/mol. The van der Waals surface area contributed by atoms with Gasteiger partial charge in [0.15, 0.2) is 0 Å². The zero-order valence-corrected chi connectivity index (χ0v) is 11.4. The van der Waals surface area contributed by atoms with Crippen LogP contribution in [0.4, 0.5) is 4.79 Å². The Morgan fingerprint density at radius 3 is 1.65 bits per heavy atom. The van der Waals surface area contributed by atoms with Crippen LogP contribution in [0.1, 0.15) is 53.4 Å². The van der Waals surface area contributed by atoms with E-state index < -0.39 is 6.16 Å². The maximum absolute atomic E-state index is 9.59. The largest absolute Gasteiger partial charge is 0.506 e. The molecule has 17 heavy (non-hydrogen) atoms. The van der Waals surface area contributed by atoms with Crippen LogP contribution >= 0.6 is 0 Å². The minimum Gasteiger partial charge on any atom is -0.450 e. The van der Waals surface area contributed by atoms with Crippen LogP contribution < -0.4 is 0 Å². The third-order valence-electron chi connectivity index (χ3n) is 1.58. The van der Waals surface area contributed by atoms with Crippen molar-refractivity contribution >= 4 is 6.16 Å². The van der Waals surface area contributed by atoms with Gasteiger partial charge in [-0.3, -0.25) is 0 Å². The van der Waals surface area contributed by atoms with E-state index in [2.05, 4.69) is 18.6 Å². The number of hydrogen-bond acceptors (Lipinski definition) is 4. The Morgan fingerprint density at radius 2 is 1.47 bits per heavy atom. The van der Waals surface area contributed by atoms with E-state index in [-0.39, 0.29) is 6.10 Å². The van der Waals surface area contributed by atoms with Crippen LogP contribution in [0.3, 0.4) is 0 Å². The fourth-order valence-electron chi connectivity index (χ4n) is 0.726. The van der Waals surface area contributed by atoms with Gasteiger partial charge >= 0.3 is 6.16 Å². The van der Waals surface area contributed by atoms with Gasteiger partial charge in [0.25, 0.3) is 0 Å². The molecule has 1 N–H and O–H groups in total. The fraction of sp³-hybridized carbons (Fsp3) is 0.917. The Labute approximate surface area is 104 Å². The molecular formula is C12H26O5. The maximum atomic E-state index is 9.59. The predicted octanol–water partition coefficient (Wildman–Crippen LogP) is 3.62. The second-order valence-corrected chi connectivity index (χ2v) is 3.78. The van der Waals surface area contributed by atoms with Crippen molar-refractivity contribution in [3.8, 4) is 0 Å². The Balaban J connectivity index is 0. The van der Waals surface area contributed by atoms with Gasteiger partial charge in [0.2, 0.25) is 0 Å². The number of carboxylic acid groups (broad SMARTS) is 1. The van der Waals surface area contributed by atoms with Crippen molar-refractivity contribution in [2.24, 2.45) is 0 Å². The van der Waals surface area contributed by atoms with Crippen LogP contribution in [0.5, 0.6) is 0 Å². The normalized spacial score (nSPS) is 9.71. The van der Waals surface area contributed by atoms with Crippen molar-refractivity contribution in [3.05, 3.63) is 0 Å². The Morgan fingerprint density at radius 1 is 1.06 bits per heavy atom. The van der Waals surface area contributed by atoms with Gasteiger partial charge in [-0.1, -0.05) is 26.7 Å². The highest BCUT2D eigenvalue weighted by Gasteiger charge is 1.97. The van der Waals surface area contributed by atoms with Crippen molar-refractivity contribution < 1.29 is 24.4 Å². The van der Waals surface area contributed by atoms with Gasteiger partial charge < -0.3 is 9.84 Å². The Bertz CT molecular complexity index is 151. The van der Waals surface area contributed by atoms with Crippen molar-refractivity contribution in [1.29, 1.82) is 0 Å². The van der Waals surface area contributed by atoms with E-state index in [1.54, 1.807) is 13.8 Å². The summed E-state index contributed by atoms with van der Waals surface area (Å²) >= 11 is 0. The van der Waals surface area contributed by atoms with Crippen molar-refractivity contribution in [2.45, 2.75) is 59.5 Å². The highest BCUT2D eigenvalue weighted by Crippen LogP contribution is 1.91. The van der Waals surface area contributed by atoms with E-state index in [4.69, 9.17) is 14.9 Å². The standard InChI is InChI=1S/C8H18O2.C4H8O3/c1-3-5-7-9-10-8-6-4-2;1-3(2)7-4(5)6/h3-8H2,1-2H3;3H,1-2H3,(H,5,6). The van der Waals surface area contributed by atoms with Gasteiger partial charge in [-0.25, -0.2) is 14.6 Å². The summed E-state index contributed by atoms with van der Waals surface area (Å²) in [5.74, 6) is 0. The molecular weight excluding hydrogens is 224 g/mol. The molecule has 0 aliphatic rings. The highest BCUT2D eigenvalue weighted by atomic mass is 17.2. The number of carbonyl (C=O) groups is 1. The Hall–Kier alpha value is -0.810. The molecule has 0 rings (SSSR count). The molecule has 0 saturated heterocycles.